The monoisotopic (exact) mass is 590 g/mol. The number of hydrogen-bond acceptors (Lipinski definition) is 5. The molecule has 2 aliphatic rings. The van der Waals surface area contributed by atoms with Crippen LogP contribution in [0.4, 0.5) is 24.7 Å². The topological polar surface area (TPSA) is 93.4 Å². The highest BCUT2D eigenvalue weighted by molar-refractivity contribution is 6.05. The van der Waals surface area contributed by atoms with E-state index < -0.39 is 17.6 Å². The third kappa shape index (κ3) is 6.57. The lowest BCUT2D eigenvalue weighted by molar-refractivity contribution is -0.138. The van der Waals surface area contributed by atoms with Gasteiger partial charge < -0.3 is 15.5 Å². The summed E-state index contributed by atoms with van der Waals surface area (Å²) in [5.74, 6) is 0.00407. The predicted molar refractivity (Wildman–Crippen MR) is 160 cm³/mol. The molecule has 0 unspecified atom stereocenters. The Hall–Kier alpha value is -4.22. The molecule has 2 fully saturated rings. The zero-order valence-corrected chi connectivity index (χ0v) is 23.8. The van der Waals surface area contributed by atoms with Crippen LogP contribution in [0.3, 0.4) is 0 Å². The van der Waals surface area contributed by atoms with Crippen molar-refractivity contribution >= 4 is 34.2 Å². The van der Waals surface area contributed by atoms with Crippen LogP contribution >= 0.6 is 0 Å². The first kappa shape index (κ1) is 28.9. The lowest BCUT2D eigenvalue weighted by Gasteiger charge is -2.34. The van der Waals surface area contributed by atoms with Gasteiger partial charge in [-0.15, -0.1) is 0 Å². The molecule has 0 radical (unpaired) electrons. The second kappa shape index (κ2) is 11.8. The van der Waals surface area contributed by atoms with Crippen molar-refractivity contribution in [3.8, 4) is 11.1 Å². The van der Waals surface area contributed by atoms with Gasteiger partial charge in [0.15, 0.2) is 5.82 Å². The van der Waals surface area contributed by atoms with Crippen LogP contribution in [0, 0.1) is 5.92 Å². The summed E-state index contributed by atoms with van der Waals surface area (Å²) < 4.78 is 42.1. The Labute approximate surface area is 247 Å². The number of benzene rings is 3. The minimum Gasteiger partial charge on any atom is -0.322 e. The standard InChI is InChI=1S/C32H33F3N6O2/c1-2-40-12-14-41(15-13-40)19-24-8-10-25(18-27(24)32(33,34)35)36-31(43)23-5-3-4-21(16-23)22-9-11-26-28(17-22)38-39-29(26)37-30(42)20-6-7-20/h3-5,8-11,16-18,20H,2,6-7,12-15,19H2,1H3,(H,36,43)(H2,37,38,39,42). The largest absolute Gasteiger partial charge is 0.416 e. The van der Waals surface area contributed by atoms with Gasteiger partial charge >= 0.3 is 6.18 Å². The lowest BCUT2D eigenvalue weighted by atomic mass is 10.0. The van der Waals surface area contributed by atoms with Crippen LogP contribution in [0.1, 0.15) is 41.3 Å². The molecule has 0 atom stereocenters. The highest BCUT2D eigenvalue weighted by Crippen LogP contribution is 2.35. The van der Waals surface area contributed by atoms with E-state index in [2.05, 4.69) is 32.7 Å². The number of aromatic amines is 1. The summed E-state index contributed by atoms with van der Waals surface area (Å²) in [6.45, 7) is 6.31. The molecule has 2 amide bonds. The second-order valence-corrected chi connectivity index (χ2v) is 11.2. The van der Waals surface area contributed by atoms with Gasteiger partial charge in [0.1, 0.15) is 0 Å². The first-order valence-electron chi connectivity index (χ1n) is 14.5. The van der Waals surface area contributed by atoms with Crippen molar-refractivity contribution in [2.24, 2.45) is 5.92 Å². The van der Waals surface area contributed by atoms with Gasteiger partial charge in [-0.1, -0.05) is 31.2 Å². The van der Waals surface area contributed by atoms with E-state index in [4.69, 9.17) is 0 Å². The molecule has 1 saturated heterocycles. The third-order valence-corrected chi connectivity index (χ3v) is 8.19. The van der Waals surface area contributed by atoms with Crippen LogP contribution in [0.25, 0.3) is 22.0 Å². The van der Waals surface area contributed by atoms with Gasteiger partial charge in [-0.05, 0) is 72.5 Å². The number of nitrogens with one attached hydrogen (secondary N) is 3. The van der Waals surface area contributed by atoms with Gasteiger partial charge in [0, 0.05) is 55.3 Å². The summed E-state index contributed by atoms with van der Waals surface area (Å²) in [6, 6.07) is 16.5. The Morgan fingerprint density at radius 3 is 2.40 bits per heavy atom. The van der Waals surface area contributed by atoms with Gasteiger partial charge in [0.25, 0.3) is 5.91 Å². The van der Waals surface area contributed by atoms with Crippen molar-refractivity contribution in [1.29, 1.82) is 0 Å². The lowest BCUT2D eigenvalue weighted by Crippen LogP contribution is -2.45. The van der Waals surface area contributed by atoms with Crippen LogP contribution in [-0.2, 0) is 17.5 Å². The van der Waals surface area contributed by atoms with Crippen molar-refractivity contribution in [3.05, 3.63) is 77.4 Å². The number of fused-ring (bicyclic) bond motifs is 1. The number of halogens is 3. The van der Waals surface area contributed by atoms with Crippen molar-refractivity contribution in [1.82, 2.24) is 20.0 Å². The van der Waals surface area contributed by atoms with Gasteiger partial charge in [-0.2, -0.15) is 18.3 Å². The fourth-order valence-electron chi connectivity index (χ4n) is 5.46. The Balaban J connectivity index is 1.17. The molecule has 3 aromatic carbocycles. The number of amides is 2. The number of anilines is 2. The molecule has 1 aromatic heterocycles. The van der Waals surface area contributed by atoms with Gasteiger partial charge in [0.05, 0.1) is 11.1 Å². The zero-order chi connectivity index (χ0) is 30.1. The molecule has 224 valence electrons. The maximum absolute atomic E-state index is 14.0. The van der Waals surface area contributed by atoms with E-state index in [1.807, 2.05) is 29.2 Å². The molecular weight excluding hydrogens is 557 g/mol. The summed E-state index contributed by atoms with van der Waals surface area (Å²) >= 11 is 0. The minimum atomic E-state index is -4.55. The Morgan fingerprint density at radius 1 is 0.930 bits per heavy atom. The SMILES string of the molecule is CCN1CCN(Cc2ccc(NC(=O)c3cccc(-c4ccc5c(NC(=O)C6CC6)n[nH]c5c4)c3)cc2C(F)(F)F)CC1. The number of H-pyrrole nitrogens is 1. The second-order valence-electron chi connectivity index (χ2n) is 11.2. The van der Waals surface area contributed by atoms with Crippen LogP contribution in [0.2, 0.25) is 0 Å². The predicted octanol–water partition coefficient (Wildman–Crippen LogP) is 5.99. The molecule has 1 aliphatic heterocycles. The normalized spacial score (nSPS) is 16.4. The highest BCUT2D eigenvalue weighted by Gasteiger charge is 2.34. The van der Waals surface area contributed by atoms with Gasteiger partial charge in [-0.25, -0.2) is 0 Å². The molecule has 1 aliphatic carbocycles. The molecule has 2 heterocycles. The van der Waals surface area contributed by atoms with Gasteiger partial charge in [-0.3, -0.25) is 19.6 Å². The summed E-state index contributed by atoms with van der Waals surface area (Å²) in [5, 5.41) is 13.5. The number of hydrogen-bond donors (Lipinski definition) is 3. The van der Waals surface area contributed by atoms with E-state index in [9.17, 15) is 22.8 Å². The number of carbonyl (C=O) groups is 2. The van der Waals surface area contributed by atoms with E-state index >= 15 is 0 Å². The van der Waals surface area contributed by atoms with Crippen molar-refractivity contribution < 1.29 is 22.8 Å². The summed E-state index contributed by atoms with van der Waals surface area (Å²) in [4.78, 5) is 29.6. The van der Waals surface area contributed by atoms with E-state index in [1.54, 1.807) is 18.2 Å². The molecule has 1 saturated carbocycles. The summed E-state index contributed by atoms with van der Waals surface area (Å²) in [6.07, 6.45) is -2.75. The average Bonchev–Trinajstić information content (AvgIpc) is 3.79. The van der Waals surface area contributed by atoms with Crippen LogP contribution < -0.4 is 10.6 Å². The van der Waals surface area contributed by atoms with Crippen molar-refractivity contribution in [2.45, 2.75) is 32.5 Å². The molecule has 11 heteroatoms. The molecule has 3 N–H and O–H groups in total. The number of likely N-dealkylation sites (N-methyl/N-ethyl adjacent to an activating group) is 1. The molecule has 43 heavy (non-hydrogen) atoms. The molecule has 0 spiro atoms. The fraction of sp³-hybridized carbons (Fsp3) is 0.344. The Morgan fingerprint density at radius 2 is 1.67 bits per heavy atom. The van der Waals surface area contributed by atoms with Crippen molar-refractivity contribution in [3.63, 3.8) is 0 Å². The quantitative estimate of drug-likeness (QED) is 0.235. The molecule has 0 bridgehead atoms. The van der Waals surface area contributed by atoms with E-state index in [0.717, 1.165) is 60.6 Å². The van der Waals surface area contributed by atoms with Crippen LogP contribution in [0.15, 0.2) is 60.7 Å². The highest BCUT2D eigenvalue weighted by atomic mass is 19.4. The van der Waals surface area contributed by atoms with E-state index in [1.165, 1.54) is 12.1 Å². The number of alkyl halides is 3. The number of aromatic nitrogens is 2. The summed E-state index contributed by atoms with van der Waals surface area (Å²) in [7, 11) is 0. The number of rotatable bonds is 8. The van der Waals surface area contributed by atoms with Gasteiger partial charge in [0.2, 0.25) is 5.91 Å². The first-order chi connectivity index (χ1) is 20.7. The number of nitrogens with zero attached hydrogens (tertiary/aromatic N) is 3. The Bertz CT molecular complexity index is 1650. The Kier molecular flexibility index (Phi) is 7.93. The molecule has 4 aromatic rings. The summed E-state index contributed by atoms with van der Waals surface area (Å²) in [5.41, 5.74) is 2.15. The minimum absolute atomic E-state index is 0.0290. The van der Waals surface area contributed by atoms with Crippen LogP contribution in [0.5, 0.6) is 0 Å². The number of piperazine rings is 1. The fourth-order valence-corrected chi connectivity index (χ4v) is 5.46. The zero-order valence-electron chi connectivity index (χ0n) is 23.8. The van der Waals surface area contributed by atoms with E-state index in [0.29, 0.717) is 24.5 Å². The third-order valence-electron chi connectivity index (χ3n) is 8.19. The molecule has 6 rings (SSSR count). The van der Waals surface area contributed by atoms with Crippen molar-refractivity contribution in [2.75, 3.05) is 43.4 Å². The molecular formula is C32H33F3N6O2. The average molecular weight is 591 g/mol. The number of carbonyl (C=O) groups excluding carboxylic acids is 2. The smallest absolute Gasteiger partial charge is 0.322 e. The molecule has 8 nitrogen and oxygen atoms in total. The van der Waals surface area contributed by atoms with E-state index in [-0.39, 0.29) is 29.6 Å². The van der Waals surface area contributed by atoms with Crippen LogP contribution in [-0.4, -0.2) is 64.5 Å². The maximum atomic E-state index is 14.0. The first-order valence-corrected chi connectivity index (χ1v) is 14.5. The maximum Gasteiger partial charge on any atom is 0.416 e.